The molecule has 160 valence electrons. The van der Waals surface area contributed by atoms with E-state index in [0.717, 1.165) is 22.3 Å². The number of carbonyl (C=O) groups is 1. The Bertz CT molecular complexity index is 977. The van der Waals surface area contributed by atoms with Gasteiger partial charge in [-0.2, -0.15) is 23.3 Å². The Kier molecular flexibility index (Phi) is 5.64. The van der Waals surface area contributed by atoms with E-state index in [4.69, 9.17) is 4.74 Å². The van der Waals surface area contributed by atoms with Gasteiger partial charge in [-0.25, -0.2) is 0 Å². The van der Waals surface area contributed by atoms with Crippen LogP contribution in [0.15, 0.2) is 41.5 Å². The minimum Gasteiger partial charge on any atom is -0.483 e. The van der Waals surface area contributed by atoms with E-state index in [-0.39, 0.29) is 10.7 Å². The molecule has 1 aliphatic heterocycles. The summed E-state index contributed by atoms with van der Waals surface area (Å²) in [6.07, 6.45) is -5.94. The number of ether oxygens (including phenoxy) is 1. The minimum atomic E-state index is -5.09. The highest BCUT2D eigenvalue weighted by molar-refractivity contribution is 6.03. The molecule has 3 rings (SSSR count). The van der Waals surface area contributed by atoms with Gasteiger partial charge < -0.3 is 9.84 Å². The lowest BCUT2D eigenvalue weighted by Gasteiger charge is -2.32. The number of hydrazone groups is 1. The van der Waals surface area contributed by atoms with Crippen molar-refractivity contribution >= 4 is 11.6 Å². The number of halogens is 3. The summed E-state index contributed by atoms with van der Waals surface area (Å²) in [5.41, 5.74) is 0.407. The van der Waals surface area contributed by atoms with Crippen molar-refractivity contribution in [1.82, 2.24) is 5.01 Å². The summed E-state index contributed by atoms with van der Waals surface area (Å²) in [6, 6.07) is 10.4. The molecule has 1 N–H and O–H groups in total. The van der Waals surface area contributed by atoms with Gasteiger partial charge in [-0.1, -0.05) is 47.5 Å². The average molecular weight is 420 g/mol. The molecular formula is C22H23F3N2O3. The summed E-state index contributed by atoms with van der Waals surface area (Å²) in [4.78, 5) is 12.6. The highest BCUT2D eigenvalue weighted by atomic mass is 19.4. The first-order valence-corrected chi connectivity index (χ1v) is 9.40. The maximum absolute atomic E-state index is 13.7. The van der Waals surface area contributed by atoms with Crippen LogP contribution in [0, 0.1) is 27.7 Å². The molecule has 0 bridgehead atoms. The second kappa shape index (κ2) is 7.75. The molecule has 0 radical (unpaired) electrons. The van der Waals surface area contributed by atoms with Gasteiger partial charge in [0, 0.05) is 0 Å². The van der Waals surface area contributed by atoms with Crippen LogP contribution < -0.4 is 4.74 Å². The fourth-order valence-corrected chi connectivity index (χ4v) is 3.52. The van der Waals surface area contributed by atoms with Crippen molar-refractivity contribution < 1.29 is 27.8 Å². The maximum atomic E-state index is 13.7. The SMILES string of the molecule is Cc1ccc(C2=NN(C(=O)COc3c(C)cc(C)cc3C)C(O)(C(F)(F)F)C2)cc1. The molecule has 1 amide bonds. The van der Waals surface area contributed by atoms with Gasteiger partial charge in [-0.3, -0.25) is 4.79 Å². The topological polar surface area (TPSA) is 62.1 Å². The zero-order valence-corrected chi connectivity index (χ0v) is 17.2. The molecule has 0 spiro atoms. The van der Waals surface area contributed by atoms with Crippen LogP contribution in [-0.2, 0) is 4.79 Å². The van der Waals surface area contributed by atoms with Crippen LogP contribution in [0.25, 0.3) is 0 Å². The number of hydrogen-bond acceptors (Lipinski definition) is 4. The van der Waals surface area contributed by atoms with Crippen LogP contribution in [0.3, 0.4) is 0 Å². The number of rotatable bonds is 4. The van der Waals surface area contributed by atoms with Gasteiger partial charge in [0.2, 0.25) is 0 Å². The highest BCUT2D eigenvalue weighted by Gasteiger charge is 2.63. The summed E-state index contributed by atoms with van der Waals surface area (Å²) in [7, 11) is 0. The molecule has 2 aromatic rings. The van der Waals surface area contributed by atoms with E-state index in [9.17, 15) is 23.1 Å². The predicted octanol–water partition coefficient (Wildman–Crippen LogP) is 4.19. The lowest BCUT2D eigenvalue weighted by molar-refractivity contribution is -0.302. The largest absolute Gasteiger partial charge is 0.483 e. The monoisotopic (exact) mass is 420 g/mol. The Morgan fingerprint density at radius 2 is 1.67 bits per heavy atom. The molecule has 5 nitrogen and oxygen atoms in total. The Hall–Kier alpha value is -2.87. The van der Waals surface area contributed by atoms with Gasteiger partial charge in [0.15, 0.2) is 6.61 Å². The fraction of sp³-hybridized carbons (Fsp3) is 0.364. The first kappa shape index (κ1) is 21.8. The number of amides is 1. The average Bonchev–Trinajstić information content (AvgIpc) is 3.00. The van der Waals surface area contributed by atoms with Crippen LogP contribution in [0.5, 0.6) is 5.75 Å². The molecule has 1 atom stereocenters. The van der Waals surface area contributed by atoms with Crippen LogP contribution in [-0.4, -0.2) is 40.2 Å². The third-order valence-electron chi connectivity index (χ3n) is 5.00. The van der Waals surface area contributed by atoms with Crippen molar-refractivity contribution in [2.24, 2.45) is 5.10 Å². The molecule has 1 aliphatic rings. The third kappa shape index (κ3) is 4.05. The van der Waals surface area contributed by atoms with E-state index in [1.54, 1.807) is 38.1 Å². The number of aryl methyl sites for hydroxylation is 4. The van der Waals surface area contributed by atoms with Gasteiger partial charge in [0.25, 0.3) is 11.6 Å². The first-order chi connectivity index (χ1) is 13.9. The van der Waals surface area contributed by atoms with Crippen LogP contribution in [0.1, 0.15) is 34.2 Å². The summed E-state index contributed by atoms with van der Waals surface area (Å²) >= 11 is 0. The Balaban J connectivity index is 1.88. The molecule has 1 unspecified atom stereocenters. The Morgan fingerprint density at radius 1 is 1.10 bits per heavy atom. The van der Waals surface area contributed by atoms with Crippen molar-refractivity contribution in [2.45, 2.75) is 46.0 Å². The number of hydrogen-bond donors (Lipinski definition) is 1. The van der Waals surface area contributed by atoms with Crippen molar-refractivity contribution in [2.75, 3.05) is 6.61 Å². The van der Waals surface area contributed by atoms with Crippen LogP contribution in [0.2, 0.25) is 0 Å². The van der Waals surface area contributed by atoms with Crippen LogP contribution >= 0.6 is 0 Å². The van der Waals surface area contributed by atoms with Gasteiger partial charge >= 0.3 is 6.18 Å². The molecule has 1 heterocycles. The zero-order valence-electron chi connectivity index (χ0n) is 17.2. The zero-order chi connectivity index (χ0) is 22.3. The molecule has 0 saturated carbocycles. The number of alkyl halides is 3. The molecule has 0 aliphatic carbocycles. The van der Waals surface area contributed by atoms with E-state index >= 15 is 0 Å². The number of carbonyl (C=O) groups excluding carboxylic acids is 1. The van der Waals surface area contributed by atoms with E-state index in [1.165, 1.54) is 0 Å². The smallest absolute Gasteiger partial charge is 0.438 e. The van der Waals surface area contributed by atoms with E-state index in [2.05, 4.69) is 5.10 Å². The van der Waals surface area contributed by atoms with Crippen molar-refractivity contribution in [3.8, 4) is 5.75 Å². The molecule has 30 heavy (non-hydrogen) atoms. The standard InChI is InChI=1S/C22H23F3N2O3/c1-13-5-7-17(8-6-13)18-11-21(29,22(23,24)25)27(26-18)19(28)12-30-20-15(3)9-14(2)10-16(20)4/h5-10,29H,11-12H2,1-4H3. The van der Waals surface area contributed by atoms with Crippen molar-refractivity contribution in [3.63, 3.8) is 0 Å². The maximum Gasteiger partial charge on any atom is 0.438 e. The van der Waals surface area contributed by atoms with E-state index in [1.807, 2.05) is 26.0 Å². The minimum absolute atomic E-state index is 0.0223. The first-order valence-electron chi connectivity index (χ1n) is 9.40. The van der Waals surface area contributed by atoms with Gasteiger partial charge in [0.1, 0.15) is 5.75 Å². The molecule has 8 heteroatoms. The second-order valence-electron chi connectivity index (χ2n) is 7.63. The fourth-order valence-electron chi connectivity index (χ4n) is 3.52. The summed E-state index contributed by atoms with van der Waals surface area (Å²) in [5, 5.41) is 14.3. The molecular weight excluding hydrogens is 397 g/mol. The van der Waals surface area contributed by atoms with E-state index in [0.29, 0.717) is 11.3 Å². The normalized spacial score (nSPS) is 19.1. The lowest BCUT2D eigenvalue weighted by Crippen LogP contribution is -2.57. The predicted molar refractivity (Wildman–Crippen MR) is 106 cm³/mol. The van der Waals surface area contributed by atoms with Gasteiger partial charge in [-0.15, -0.1) is 0 Å². The highest BCUT2D eigenvalue weighted by Crippen LogP contribution is 2.41. The third-order valence-corrected chi connectivity index (χ3v) is 5.00. The number of benzene rings is 2. The quantitative estimate of drug-likeness (QED) is 0.807. The summed E-state index contributed by atoms with van der Waals surface area (Å²) < 4.78 is 46.6. The summed E-state index contributed by atoms with van der Waals surface area (Å²) in [5.74, 6) is -0.664. The molecule has 0 aromatic heterocycles. The van der Waals surface area contributed by atoms with Gasteiger partial charge in [0.05, 0.1) is 12.1 Å². The lowest BCUT2D eigenvalue weighted by atomic mass is 10.00. The second-order valence-corrected chi connectivity index (χ2v) is 7.63. The Labute approximate surface area is 172 Å². The number of nitrogens with zero attached hydrogens (tertiary/aromatic N) is 2. The van der Waals surface area contributed by atoms with Crippen molar-refractivity contribution in [3.05, 3.63) is 64.2 Å². The van der Waals surface area contributed by atoms with Gasteiger partial charge in [-0.05, 0) is 44.4 Å². The Morgan fingerprint density at radius 3 is 2.20 bits per heavy atom. The van der Waals surface area contributed by atoms with Crippen molar-refractivity contribution in [1.29, 1.82) is 0 Å². The molecule has 0 saturated heterocycles. The molecule has 2 aromatic carbocycles. The summed E-state index contributed by atoms with van der Waals surface area (Å²) in [6.45, 7) is 6.64. The number of aliphatic hydroxyl groups is 1. The van der Waals surface area contributed by atoms with Crippen LogP contribution in [0.4, 0.5) is 13.2 Å². The molecule has 0 fully saturated rings. The van der Waals surface area contributed by atoms with E-state index < -0.39 is 30.8 Å².